The summed E-state index contributed by atoms with van der Waals surface area (Å²) in [5.74, 6) is 0. The Morgan fingerprint density at radius 2 is 2.38 bits per heavy atom. The lowest BCUT2D eigenvalue weighted by Crippen LogP contribution is -2.35. The number of piperidine rings is 1. The molecular weight excluding hydrogens is 200 g/mol. The maximum atomic E-state index is 5.10. The number of hydrogen-bond donors (Lipinski definition) is 1. The van der Waals surface area contributed by atoms with E-state index in [4.69, 9.17) is 4.52 Å². The fourth-order valence-electron chi connectivity index (χ4n) is 2.43. The van der Waals surface area contributed by atoms with Crippen LogP contribution in [0.25, 0.3) is 11.0 Å². The van der Waals surface area contributed by atoms with Gasteiger partial charge in [-0.15, -0.1) is 0 Å². The van der Waals surface area contributed by atoms with Crippen molar-refractivity contribution in [3.05, 3.63) is 30.0 Å². The standard InChI is InChI=1S/C13H16N2O/c1-2-6-14-12(3-1)8-10-4-5-13-11(7-10)9-15-16-13/h4-5,7,9,12,14H,1-3,6,8H2. The summed E-state index contributed by atoms with van der Waals surface area (Å²) in [7, 11) is 0. The van der Waals surface area contributed by atoms with Gasteiger partial charge in [0.1, 0.15) is 0 Å². The fraction of sp³-hybridized carbons (Fsp3) is 0.462. The van der Waals surface area contributed by atoms with E-state index in [2.05, 4.69) is 22.6 Å². The normalized spacial score (nSPS) is 21.4. The Morgan fingerprint density at radius 3 is 3.25 bits per heavy atom. The fourth-order valence-corrected chi connectivity index (χ4v) is 2.43. The summed E-state index contributed by atoms with van der Waals surface area (Å²) in [6, 6.07) is 6.98. The van der Waals surface area contributed by atoms with Crippen LogP contribution in [0.2, 0.25) is 0 Å². The largest absolute Gasteiger partial charge is 0.356 e. The monoisotopic (exact) mass is 216 g/mol. The van der Waals surface area contributed by atoms with Crippen LogP contribution in [0.15, 0.2) is 28.9 Å². The van der Waals surface area contributed by atoms with Crippen LogP contribution in [0, 0.1) is 0 Å². The number of benzene rings is 1. The first-order valence-corrected chi connectivity index (χ1v) is 5.98. The molecule has 3 rings (SSSR count). The van der Waals surface area contributed by atoms with Crippen LogP contribution < -0.4 is 5.32 Å². The summed E-state index contributed by atoms with van der Waals surface area (Å²) in [6.07, 6.45) is 6.87. The first-order chi connectivity index (χ1) is 7.92. The molecule has 0 saturated carbocycles. The van der Waals surface area contributed by atoms with E-state index in [0.29, 0.717) is 6.04 Å². The predicted molar refractivity (Wildman–Crippen MR) is 63.4 cm³/mol. The topological polar surface area (TPSA) is 38.1 Å². The summed E-state index contributed by atoms with van der Waals surface area (Å²) in [6.45, 7) is 1.17. The molecule has 1 aliphatic heterocycles. The van der Waals surface area contributed by atoms with Crippen molar-refractivity contribution in [2.45, 2.75) is 31.7 Å². The van der Waals surface area contributed by atoms with Crippen LogP contribution in [0.3, 0.4) is 0 Å². The van der Waals surface area contributed by atoms with Gasteiger partial charge in [-0.2, -0.15) is 0 Å². The maximum Gasteiger partial charge on any atom is 0.166 e. The number of nitrogens with zero attached hydrogens (tertiary/aromatic N) is 1. The molecule has 1 unspecified atom stereocenters. The third kappa shape index (κ3) is 1.95. The van der Waals surface area contributed by atoms with E-state index in [9.17, 15) is 0 Å². The van der Waals surface area contributed by atoms with E-state index >= 15 is 0 Å². The molecule has 0 bridgehead atoms. The lowest BCUT2D eigenvalue weighted by molar-refractivity contribution is 0.399. The minimum atomic E-state index is 0.645. The van der Waals surface area contributed by atoms with Gasteiger partial charge in [-0.05, 0) is 43.5 Å². The van der Waals surface area contributed by atoms with Crippen LogP contribution in [0.5, 0.6) is 0 Å². The van der Waals surface area contributed by atoms with Crippen molar-refractivity contribution in [3.63, 3.8) is 0 Å². The van der Waals surface area contributed by atoms with Crippen molar-refractivity contribution in [3.8, 4) is 0 Å². The van der Waals surface area contributed by atoms with E-state index in [1.807, 2.05) is 6.07 Å². The maximum absolute atomic E-state index is 5.10. The molecule has 0 spiro atoms. The van der Waals surface area contributed by atoms with Crippen LogP contribution in [0.4, 0.5) is 0 Å². The van der Waals surface area contributed by atoms with Gasteiger partial charge in [0.2, 0.25) is 0 Å². The van der Waals surface area contributed by atoms with Gasteiger partial charge in [-0.25, -0.2) is 0 Å². The zero-order chi connectivity index (χ0) is 10.8. The van der Waals surface area contributed by atoms with Crippen LogP contribution in [-0.2, 0) is 6.42 Å². The third-order valence-corrected chi connectivity index (χ3v) is 3.31. The molecule has 0 radical (unpaired) electrons. The van der Waals surface area contributed by atoms with Crippen molar-refractivity contribution in [1.82, 2.24) is 10.5 Å². The molecule has 1 N–H and O–H groups in total. The van der Waals surface area contributed by atoms with Crippen molar-refractivity contribution in [2.24, 2.45) is 0 Å². The predicted octanol–water partition coefficient (Wildman–Crippen LogP) is 2.51. The highest BCUT2D eigenvalue weighted by Gasteiger charge is 2.13. The molecule has 2 aromatic rings. The number of aromatic nitrogens is 1. The van der Waals surface area contributed by atoms with Gasteiger partial charge < -0.3 is 9.84 Å². The van der Waals surface area contributed by atoms with Gasteiger partial charge in [0.15, 0.2) is 5.58 Å². The molecule has 1 aromatic heterocycles. The summed E-state index contributed by atoms with van der Waals surface area (Å²) in [5.41, 5.74) is 2.25. The smallest absolute Gasteiger partial charge is 0.166 e. The molecular formula is C13H16N2O. The Labute approximate surface area is 94.8 Å². The molecule has 0 aliphatic carbocycles. The molecule has 1 saturated heterocycles. The van der Waals surface area contributed by atoms with Crippen molar-refractivity contribution < 1.29 is 4.52 Å². The zero-order valence-electron chi connectivity index (χ0n) is 9.28. The Balaban J connectivity index is 1.77. The van der Waals surface area contributed by atoms with Crippen molar-refractivity contribution in [1.29, 1.82) is 0 Å². The van der Waals surface area contributed by atoms with E-state index in [1.54, 1.807) is 6.20 Å². The first kappa shape index (κ1) is 9.85. The molecule has 3 heteroatoms. The molecule has 16 heavy (non-hydrogen) atoms. The highest BCUT2D eigenvalue weighted by molar-refractivity contribution is 5.76. The summed E-state index contributed by atoms with van der Waals surface area (Å²) < 4.78 is 5.10. The Kier molecular flexibility index (Phi) is 2.62. The third-order valence-electron chi connectivity index (χ3n) is 3.31. The van der Waals surface area contributed by atoms with Crippen LogP contribution in [0.1, 0.15) is 24.8 Å². The quantitative estimate of drug-likeness (QED) is 0.838. The summed E-state index contributed by atoms with van der Waals surface area (Å²) in [5, 5.41) is 8.47. The average Bonchev–Trinajstić information content (AvgIpc) is 2.77. The number of nitrogens with one attached hydrogen (secondary N) is 1. The average molecular weight is 216 g/mol. The summed E-state index contributed by atoms with van der Waals surface area (Å²) in [4.78, 5) is 0. The molecule has 0 amide bonds. The lowest BCUT2D eigenvalue weighted by Gasteiger charge is -2.23. The highest BCUT2D eigenvalue weighted by Crippen LogP contribution is 2.18. The van der Waals surface area contributed by atoms with Gasteiger partial charge in [0.25, 0.3) is 0 Å². The van der Waals surface area contributed by atoms with Gasteiger partial charge in [0, 0.05) is 11.4 Å². The van der Waals surface area contributed by atoms with Gasteiger partial charge in [-0.1, -0.05) is 17.6 Å². The van der Waals surface area contributed by atoms with Crippen LogP contribution >= 0.6 is 0 Å². The molecule has 1 fully saturated rings. The second kappa shape index (κ2) is 4.26. The molecule has 1 aliphatic rings. The molecule has 3 nitrogen and oxygen atoms in total. The van der Waals surface area contributed by atoms with E-state index in [1.165, 1.54) is 31.4 Å². The van der Waals surface area contributed by atoms with E-state index in [-0.39, 0.29) is 0 Å². The lowest BCUT2D eigenvalue weighted by atomic mass is 9.97. The van der Waals surface area contributed by atoms with Gasteiger partial charge >= 0.3 is 0 Å². The summed E-state index contributed by atoms with van der Waals surface area (Å²) >= 11 is 0. The molecule has 84 valence electrons. The zero-order valence-corrected chi connectivity index (χ0v) is 9.28. The Hall–Kier alpha value is -1.35. The SMILES string of the molecule is c1cc2oncc2cc1CC1CCCCN1. The Morgan fingerprint density at radius 1 is 1.38 bits per heavy atom. The first-order valence-electron chi connectivity index (χ1n) is 5.98. The second-order valence-corrected chi connectivity index (χ2v) is 4.55. The minimum Gasteiger partial charge on any atom is -0.356 e. The molecule has 1 aromatic carbocycles. The Bertz CT molecular complexity index is 471. The molecule has 1 atom stereocenters. The molecule has 2 heterocycles. The van der Waals surface area contributed by atoms with Gasteiger partial charge in [-0.3, -0.25) is 0 Å². The highest BCUT2D eigenvalue weighted by atomic mass is 16.5. The minimum absolute atomic E-state index is 0.645. The van der Waals surface area contributed by atoms with Crippen molar-refractivity contribution >= 4 is 11.0 Å². The van der Waals surface area contributed by atoms with E-state index < -0.39 is 0 Å². The number of hydrogen-bond acceptors (Lipinski definition) is 3. The second-order valence-electron chi connectivity index (χ2n) is 4.55. The van der Waals surface area contributed by atoms with Gasteiger partial charge in [0.05, 0.1) is 6.20 Å². The van der Waals surface area contributed by atoms with E-state index in [0.717, 1.165) is 17.4 Å². The van der Waals surface area contributed by atoms with Crippen molar-refractivity contribution in [2.75, 3.05) is 6.54 Å². The number of fused-ring (bicyclic) bond motifs is 1. The number of rotatable bonds is 2. The van der Waals surface area contributed by atoms with Crippen LogP contribution in [-0.4, -0.2) is 17.7 Å².